The molecule has 0 saturated heterocycles. The number of hydrogen-bond acceptors (Lipinski definition) is 3. The van der Waals surface area contributed by atoms with Gasteiger partial charge in [0.15, 0.2) is 0 Å². The second-order valence-electron chi connectivity index (χ2n) is 2.49. The van der Waals surface area contributed by atoms with Crippen molar-refractivity contribution < 1.29 is 9.72 Å². The maximum atomic E-state index is 11.3. The van der Waals surface area contributed by atoms with Crippen molar-refractivity contribution in [3.8, 4) is 0 Å². The molecule has 0 fully saturated rings. The fourth-order valence-electron chi connectivity index (χ4n) is 0.917. The number of rotatable bonds is 3. The summed E-state index contributed by atoms with van der Waals surface area (Å²) in [5.74, 6) is -0.198. The summed E-state index contributed by atoms with van der Waals surface area (Å²) in [7, 11) is 0. The van der Waals surface area contributed by atoms with E-state index in [1.807, 2.05) is 0 Å². The third-order valence-electron chi connectivity index (χ3n) is 1.59. The van der Waals surface area contributed by atoms with Crippen molar-refractivity contribution in [2.45, 2.75) is 0 Å². The van der Waals surface area contributed by atoms with Gasteiger partial charge in [0.25, 0.3) is 0 Å². The fourth-order valence-corrected chi connectivity index (χ4v) is 1.38. The van der Waals surface area contributed by atoms with Crippen molar-refractivity contribution in [2.75, 3.05) is 4.56 Å². The average Bonchev–Trinajstić information content (AvgIpc) is 2.18. The molecule has 71 valence electrons. The Bertz CT molecular complexity index is 350. The first-order chi connectivity index (χ1) is 6.65. The van der Waals surface area contributed by atoms with E-state index in [2.05, 4.69) is 5.32 Å². The molecule has 0 aliphatic heterocycles. The Morgan fingerprint density at radius 3 is 2.43 bits per heavy atom. The molecule has 1 rings (SSSR count). The van der Waals surface area contributed by atoms with Gasteiger partial charge in [0.2, 0.25) is 0 Å². The van der Waals surface area contributed by atoms with Crippen molar-refractivity contribution in [1.82, 2.24) is 5.32 Å². The van der Waals surface area contributed by atoms with Crippen LogP contribution in [0.1, 0.15) is 10.4 Å². The van der Waals surface area contributed by atoms with Gasteiger partial charge in [-0.3, -0.25) is 0 Å². The van der Waals surface area contributed by atoms with E-state index in [-0.39, 0.29) is 11.6 Å². The Kier molecular flexibility index (Phi) is 3.87. The molecule has 0 bridgehead atoms. The quantitative estimate of drug-likeness (QED) is 0.500. The zero-order valence-electron chi connectivity index (χ0n) is 7.19. The minimum absolute atomic E-state index is 0.0101. The van der Waals surface area contributed by atoms with Gasteiger partial charge in [-0.2, -0.15) is 0 Å². The number of carbonyl (C=O) groups is 1. The number of nitro groups is 1. The van der Waals surface area contributed by atoms with Crippen LogP contribution in [0.15, 0.2) is 24.3 Å². The Hall–Kier alpha value is -1.11. The predicted octanol–water partition coefficient (Wildman–Crippen LogP) is 0.451. The molecule has 3 radical (unpaired) electrons. The van der Waals surface area contributed by atoms with Crippen LogP contribution >= 0.6 is 0 Å². The number of non-ortho nitro benzene ring substituents is 1. The van der Waals surface area contributed by atoms with E-state index in [1.54, 1.807) is 0 Å². The summed E-state index contributed by atoms with van der Waals surface area (Å²) in [6.45, 7) is 0. The van der Waals surface area contributed by atoms with Crippen LogP contribution in [0.5, 0.6) is 0 Å². The molecule has 6 heteroatoms. The number of benzene rings is 1. The Balaban J connectivity index is 2.83. The molecule has 0 aromatic heterocycles. The van der Waals surface area contributed by atoms with Crippen molar-refractivity contribution in [3.63, 3.8) is 0 Å². The average molecular weight is 298 g/mol. The summed E-state index contributed by atoms with van der Waals surface area (Å²) < 4.78 is 0.628. The van der Waals surface area contributed by atoms with Crippen molar-refractivity contribution in [2.24, 2.45) is 0 Å². The Morgan fingerprint density at radius 2 is 2.00 bits per heavy atom. The molecule has 0 atom stereocenters. The normalized spacial score (nSPS) is 9.50. The van der Waals surface area contributed by atoms with Gasteiger partial charge >= 0.3 is 93.7 Å². The second kappa shape index (κ2) is 4.94. The van der Waals surface area contributed by atoms with Crippen LogP contribution in [0.2, 0.25) is 0 Å². The summed E-state index contributed by atoms with van der Waals surface area (Å²) in [5.41, 5.74) is 0.433. The molecule has 0 unspecified atom stereocenters. The third kappa shape index (κ3) is 2.69. The molecule has 0 heterocycles. The monoisotopic (exact) mass is 299 g/mol. The van der Waals surface area contributed by atoms with Gasteiger partial charge in [0.05, 0.1) is 0 Å². The van der Waals surface area contributed by atoms with Gasteiger partial charge in [-0.25, -0.2) is 0 Å². The van der Waals surface area contributed by atoms with E-state index < -0.39 is 4.92 Å². The molecule has 5 nitrogen and oxygen atoms in total. The van der Waals surface area contributed by atoms with E-state index in [9.17, 15) is 14.9 Å². The summed E-state index contributed by atoms with van der Waals surface area (Å²) in [5, 5.41) is 13.0. The number of nitro benzene ring substituents is 1. The molecule has 0 spiro atoms. The molecule has 0 saturated carbocycles. The van der Waals surface area contributed by atoms with E-state index >= 15 is 0 Å². The number of carbonyl (C=O) groups excluding carboxylic acids is 1. The summed E-state index contributed by atoms with van der Waals surface area (Å²) >= 11 is 1.22. The molecule has 1 N–H and O–H groups in total. The topological polar surface area (TPSA) is 72.2 Å². The van der Waals surface area contributed by atoms with Crippen LogP contribution in [-0.4, -0.2) is 37.9 Å². The summed E-state index contributed by atoms with van der Waals surface area (Å²) in [6, 6.07) is 5.52. The molecular weight excluding hydrogens is 291 g/mol. The van der Waals surface area contributed by atoms with Crippen LogP contribution in [0, 0.1) is 10.1 Å². The number of nitrogens with zero attached hydrogens (tertiary/aromatic N) is 1. The second-order valence-corrected chi connectivity index (χ2v) is 3.50. The van der Waals surface area contributed by atoms with E-state index in [0.29, 0.717) is 10.1 Å². The molecule has 0 aliphatic carbocycles. The van der Waals surface area contributed by atoms with Crippen molar-refractivity contribution in [3.05, 3.63) is 39.9 Å². The zero-order valence-corrected chi connectivity index (χ0v) is 10.0. The zero-order chi connectivity index (χ0) is 10.6. The third-order valence-corrected chi connectivity index (χ3v) is 2.09. The van der Waals surface area contributed by atoms with Gasteiger partial charge < -0.3 is 0 Å². The molecule has 0 aliphatic rings. The first-order valence-corrected chi connectivity index (χ1v) is 5.84. The SMILES string of the molecule is O=C(N[CH2][Sn])c1ccc([N+](=O)[O-])cc1. The van der Waals surface area contributed by atoms with Crippen molar-refractivity contribution >= 4 is 34.1 Å². The number of amides is 1. The van der Waals surface area contributed by atoms with Crippen LogP contribution in [0.3, 0.4) is 0 Å². The number of hydrogen-bond donors (Lipinski definition) is 1. The van der Waals surface area contributed by atoms with Crippen molar-refractivity contribution in [1.29, 1.82) is 0 Å². The van der Waals surface area contributed by atoms with Gasteiger partial charge in [-0.05, 0) is 0 Å². The first-order valence-electron chi connectivity index (χ1n) is 3.82. The number of nitrogens with one attached hydrogen (secondary N) is 1. The van der Waals surface area contributed by atoms with Crippen LogP contribution in [-0.2, 0) is 0 Å². The maximum absolute atomic E-state index is 11.3. The van der Waals surface area contributed by atoms with Gasteiger partial charge in [0.1, 0.15) is 0 Å². The minimum atomic E-state index is -0.494. The Labute approximate surface area is 93.7 Å². The van der Waals surface area contributed by atoms with Crippen LogP contribution in [0.25, 0.3) is 0 Å². The summed E-state index contributed by atoms with van der Waals surface area (Å²) in [6.07, 6.45) is 0. The van der Waals surface area contributed by atoms with E-state index in [0.717, 1.165) is 0 Å². The summed E-state index contributed by atoms with van der Waals surface area (Å²) in [4.78, 5) is 21.1. The van der Waals surface area contributed by atoms with Gasteiger partial charge in [-0.1, -0.05) is 0 Å². The fraction of sp³-hybridized carbons (Fsp3) is 0.125. The van der Waals surface area contributed by atoms with E-state index in [1.165, 1.54) is 46.8 Å². The molecular formula is C8H7N2O3Sn. The molecule has 1 amide bonds. The first kappa shape index (κ1) is 11.0. The molecule has 14 heavy (non-hydrogen) atoms. The van der Waals surface area contributed by atoms with E-state index in [4.69, 9.17) is 0 Å². The molecule has 1 aromatic rings. The Morgan fingerprint density at radius 1 is 1.43 bits per heavy atom. The van der Waals surface area contributed by atoms with Crippen LogP contribution in [0.4, 0.5) is 5.69 Å². The van der Waals surface area contributed by atoms with Gasteiger partial charge in [0, 0.05) is 0 Å². The standard InChI is InChI=1S/C8H7N2O3.Sn/c1-9-8(11)6-2-4-7(5-3-6)10(12)13;/h2-5H,1H2,(H,9,11);. The predicted molar refractivity (Wildman–Crippen MR) is 51.2 cm³/mol. The van der Waals surface area contributed by atoms with Crippen LogP contribution < -0.4 is 5.32 Å². The molecule has 1 aromatic carbocycles. The van der Waals surface area contributed by atoms with Gasteiger partial charge in [-0.15, -0.1) is 0 Å².